The van der Waals surface area contributed by atoms with Gasteiger partial charge in [0.1, 0.15) is 0 Å². The van der Waals surface area contributed by atoms with E-state index in [1.165, 1.54) is 13.2 Å². The number of nitrogens with zero attached hydrogens (tertiary/aromatic N) is 2. The van der Waals surface area contributed by atoms with Crippen molar-refractivity contribution in [1.82, 2.24) is 9.97 Å². The molecule has 1 aliphatic rings. The number of nitrogens with two attached hydrogens (primary N) is 1. The minimum atomic E-state index is -0.440. The summed E-state index contributed by atoms with van der Waals surface area (Å²) < 4.78 is 20.0. The Hall–Kier alpha value is -2.80. The Bertz CT molecular complexity index is 1190. The van der Waals surface area contributed by atoms with Crippen molar-refractivity contribution in [2.75, 3.05) is 12.8 Å². The minimum absolute atomic E-state index is 0.0335. The van der Waals surface area contributed by atoms with Crippen molar-refractivity contribution >= 4 is 27.4 Å². The Morgan fingerprint density at radius 1 is 1.23 bits per heavy atom. The third-order valence-corrected chi connectivity index (χ3v) is 6.21. The van der Waals surface area contributed by atoms with Crippen LogP contribution in [0.1, 0.15) is 47.6 Å². The molecule has 0 atom stereocenters. The number of hydrogen-bond acceptors (Lipinski definition) is 5. The summed E-state index contributed by atoms with van der Waals surface area (Å²) in [4.78, 5) is 22.1. The molecule has 2 aromatic heterocycles. The second-order valence-electron chi connectivity index (χ2n) is 8.61. The molecule has 0 aliphatic heterocycles. The zero-order chi connectivity index (χ0) is 22.3. The highest BCUT2D eigenvalue weighted by molar-refractivity contribution is 9.10. The molecule has 1 aromatic carbocycles. The number of rotatable bonds is 4. The van der Waals surface area contributed by atoms with Crippen LogP contribution in [0.25, 0.3) is 11.1 Å². The topological polar surface area (TPSA) is 78.1 Å². The molecule has 160 valence electrons. The number of anilines is 1. The number of fused-ring (bicyclic) bond motifs is 1. The largest absolute Gasteiger partial charge is 0.494 e. The second kappa shape index (κ2) is 8.04. The Morgan fingerprint density at radius 2 is 2.00 bits per heavy atom. The lowest BCUT2D eigenvalue weighted by Gasteiger charge is -2.32. The molecule has 7 heteroatoms. The lowest BCUT2D eigenvalue weighted by molar-refractivity contribution is 0.0911. The number of halogens is 2. The standard InChI is InChI=1S/C24H23BrFN3O2/c1-24(2)10-18-22(19(30)11-24)21(14-6-7-28-12-15(14)25)23(27)17(29-18)9-13-4-5-20(31-3)16(26)8-13/h4-8,12H,9-11,27H2,1-3H3. The maximum absolute atomic E-state index is 14.2. The lowest BCUT2D eigenvalue weighted by Crippen LogP contribution is -2.29. The third-order valence-electron chi connectivity index (χ3n) is 5.58. The highest BCUT2D eigenvalue weighted by Gasteiger charge is 2.35. The van der Waals surface area contributed by atoms with Gasteiger partial charge in [0.25, 0.3) is 0 Å². The Balaban J connectivity index is 1.91. The van der Waals surface area contributed by atoms with Gasteiger partial charge in [0.15, 0.2) is 17.3 Å². The fourth-order valence-electron chi connectivity index (χ4n) is 4.18. The van der Waals surface area contributed by atoms with E-state index >= 15 is 0 Å². The van der Waals surface area contributed by atoms with E-state index in [-0.39, 0.29) is 16.9 Å². The van der Waals surface area contributed by atoms with Crippen LogP contribution in [0.15, 0.2) is 41.1 Å². The van der Waals surface area contributed by atoms with Gasteiger partial charge in [0.2, 0.25) is 0 Å². The number of pyridine rings is 2. The monoisotopic (exact) mass is 483 g/mol. The number of methoxy groups -OCH3 is 1. The van der Waals surface area contributed by atoms with Gasteiger partial charge in [-0.15, -0.1) is 0 Å². The number of ether oxygens (including phenoxy) is 1. The average Bonchev–Trinajstić information content (AvgIpc) is 2.69. The molecule has 0 saturated heterocycles. The van der Waals surface area contributed by atoms with Crippen LogP contribution in [-0.4, -0.2) is 22.9 Å². The summed E-state index contributed by atoms with van der Waals surface area (Å²) in [5.74, 6) is -0.222. The van der Waals surface area contributed by atoms with Crippen LogP contribution in [0.2, 0.25) is 0 Å². The Morgan fingerprint density at radius 3 is 2.68 bits per heavy atom. The summed E-state index contributed by atoms with van der Waals surface area (Å²) >= 11 is 3.54. The number of hydrogen-bond donors (Lipinski definition) is 1. The summed E-state index contributed by atoms with van der Waals surface area (Å²) in [5.41, 5.74) is 11.0. The van der Waals surface area contributed by atoms with Crippen molar-refractivity contribution in [1.29, 1.82) is 0 Å². The molecule has 0 spiro atoms. The molecule has 0 amide bonds. The summed E-state index contributed by atoms with van der Waals surface area (Å²) in [7, 11) is 1.43. The summed E-state index contributed by atoms with van der Waals surface area (Å²) in [6, 6.07) is 6.64. The smallest absolute Gasteiger partial charge is 0.165 e. The fourth-order valence-corrected chi connectivity index (χ4v) is 4.62. The minimum Gasteiger partial charge on any atom is -0.494 e. The maximum Gasteiger partial charge on any atom is 0.165 e. The predicted molar refractivity (Wildman–Crippen MR) is 122 cm³/mol. The first-order valence-electron chi connectivity index (χ1n) is 9.97. The molecule has 0 saturated carbocycles. The van der Waals surface area contributed by atoms with Crippen LogP contribution < -0.4 is 10.5 Å². The van der Waals surface area contributed by atoms with Crippen LogP contribution >= 0.6 is 15.9 Å². The molecule has 4 rings (SSSR count). The first-order valence-corrected chi connectivity index (χ1v) is 10.8. The van der Waals surface area contributed by atoms with Crippen molar-refractivity contribution in [3.05, 3.63) is 69.5 Å². The van der Waals surface area contributed by atoms with Gasteiger partial charge in [-0.3, -0.25) is 14.8 Å². The molecule has 0 unspecified atom stereocenters. The van der Waals surface area contributed by atoms with E-state index in [1.807, 2.05) is 6.07 Å². The molecular formula is C24H23BrFN3O2. The highest BCUT2D eigenvalue weighted by atomic mass is 79.9. The third kappa shape index (κ3) is 4.06. The molecule has 1 aliphatic carbocycles. The number of aromatic nitrogens is 2. The van der Waals surface area contributed by atoms with Gasteiger partial charge in [-0.2, -0.15) is 0 Å². The van der Waals surface area contributed by atoms with E-state index in [9.17, 15) is 9.18 Å². The molecule has 3 aromatic rings. The van der Waals surface area contributed by atoms with E-state index in [0.29, 0.717) is 41.8 Å². The van der Waals surface area contributed by atoms with Gasteiger partial charge < -0.3 is 10.5 Å². The van der Waals surface area contributed by atoms with Gasteiger partial charge in [-0.1, -0.05) is 19.9 Å². The van der Waals surface area contributed by atoms with Crippen molar-refractivity contribution in [2.45, 2.75) is 33.1 Å². The quantitative estimate of drug-likeness (QED) is 0.538. The SMILES string of the molecule is COc1ccc(Cc2nc3c(c(-c4ccncc4Br)c2N)C(=O)CC(C)(C)C3)cc1F. The van der Waals surface area contributed by atoms with Crippen LogP contribution in [-0.2, 0) is 12.8 Å². The normalized spacial score (nSPS) is 14.9. The zero-order valence-electron chi connectivity index (χ0n) is 17.6. The molecule has 5 nitrogen and oxygen atoms in total. The number of nitrogen functional groups attached to an aromatic ring is 1. The first kappa shape index (κ1) is 21.4. The van der Waals surface area contributed by atoms with Crippen LogP contribution in [0, 0.1) is 11.2 Å². The van der Waals surface area contributed by atoms with Gasteiger partial charge >= 0.3 is 0 Å². The first-order chi connectivity index (χ1) is 14.7. The Labute approximate surface area is 189 Å². The highest BCUT2D eigenvalue weighted by Crippen LogP contribution is 2.43. The van der Waals surface area contributed by atoms with Crippen LogP contribution in [0.3, 0.4) is 0 Å². The number of benzene rings is 1. The number of carbonyl (C=O) groups excluding carboxylic acids is 1. The van der Waals surface area contributed by atoms with Crippen molar-refractivity contribution in [3.63, 3.8) is 0 Å². The van der Waals surface area contributed by atoms with Gasteiger partial charge in [-0.05, 0) is 51.5 Å². The second-order valence-corrected chi connectivity index (χ2v) is 9.47. The molecular weight excluding hydrogens is 461 g/mol. The molecule has 0 bridgehead atoms. The van der Waals surface area contributed by atoms with Crippen LogP contribution in [0.4, 0.5) is 10.1 Å². The number of ketones is 1. The maximum atomic E-state index is 14.2. The van der Waals surface area contributed by atoms with Gasteiger partial charge in [-0.25, -0.2) is 4.39 Å². The molecule has 0 fully saturated rings. The zero-order valence-corrected chi connectivity index (χ0v) is 19.2. The Kier molecular flexibility index (Phi) is 5.56. The molecule has 31 heavy (non-hydrogen) atoms. The van der Waals surface area contributed by atoms with Gasteiger partial charge in [0, 0.05) is 46.4 Å². The van der Waals surface area contributed by atoms with Crippen molar-refractivity contribution < 1.29 is 13.9 Å². The average molecular weight is 484 g/mol. The molecule has 2 heterocycles. The van der Waals surface area contributed by atoms with E-state index in [4.69, 9.17) is 15.5 Å². The lowest BCUT2D eigenvalue weighted by atomic mass is 9.73. The summed E-state index contributed by atoms with van der Waals surface area (Å²) in [5, 5.41) is 0. The molecule has 2 N–H and O–H groups in total. The van der Waals surface area contributed by atoms with Crippen molar-refractivity contribution in [2.24, 2.45) is 5.41 Å². The van der Waals surface area contributed by atoms with Gasteiger partial charge in [0.05, 0.1) is 24.2 Å². The summed E-state index contributed by atoms with van der Waals surface area (Å²) in [6.45, 7) is 4.12. The summed E-state index contributed by atoms with van der Waals surface area (Å²) in [6.07, 6.45) is 4.78. The van der Waals surface area contributed by atoms with E-state index in [0.717, 1.165) is 21.3 Å². The van der Waals surface area contributed by atoms with Crippen LogP contribution in [0.5, 0.6) is 5.75 Å². The fraction of sp³-hybridized carbons (Fsp3) is 0.292. The van der Waals surface area contributed by atoms with E-state index in [2.05, 4.69) is 34.8 Å². The predicted octanol–water partition coefficient (Wildman–Crippen LogP) is 5.38. The molecule has 0 radical (unpaired) electrons. The van der Waals surface area contributed by atoms with E-state index in [1.54, 1.807) is 24.5 Å². The number of carbonyl (C=O) groups is 1. The number of Topliss-reactive ketones (excluding diaryl/α,β-unsaturated/α-hetero) is 1. The van der Waals surface area contributed by atoms with E-state index < -0.39 is 5.82 Å². The van der Waals surface area contributed by atoms with Crippen molar-refractivity contribution in [3.8, 4) is 16.9 Å².